The topological polar surface area (TPSA) is 32.3 Å². The van der Waals surface area contributed by atoms with Crippen LogP contribution < -0.4 is 5.32 Å². The molecule has 0 aliphatic carbocycles. The maximum Gasteiger partial charge on any atom is 0.224 e. The van der Waals surface area contributed by atoms with E-state index in [-0.39, 0.29) is 0 Å². The van der Waals surface area contributed by atoms with Crippen molar-refractivity contribution in [2.75, 3.05) is 24.6 Å². The number of nitrogens with zero attached hydrogens (tertiary/aromatic N) is 1. The molecule has 2 unspecified atom stereocenters. The van der Waals surface area contributed by atoms with Crippen molar-refractivity contribution in [1.82, 2.24) is 10.2 Å². The second-order valence-corrected chi connectivity index (χ2v) is 7.64. The van der Waals surface area contributed by atoms with Gasteiger partial charge in [0.25, 0.3) is 0 Å². The number of carbonyl (C=O) groups excluding carboxylic acids is 1. The molecule has 3 rings (SSSR count). The highest BCUT2D eigenvalue weighted by Crippen LogP contribution is 2.35. The van der Waals surface area contributed by atoms with E-state index >= 15 is 0 Å². The number of thiophene rings is 1. The van der Waals surface area contributed by atoms with E-state index in [1.54, 1.807) is 0 Å². The quantitative estimate of drug-likeness (QED) is 0.931. The van der Waals surface area contributed by atoms with Crippen LogP contribution in [-0.2, 0) is 11.2 Å². The van der Waals surface area contributed by atoms with Crippen LogP contribution in [0.2, 0.25) is 0 Å². The molecule has 5 heteroatoms. The van der Waals surface area contributed by atoms with E-state index in [1.807, 2.05) is 23.1 Å². The van der Waals surface area contributed by atoms with E-state index in [2.05, 4.69) is 28.6 Å². The molecule has 1 fully saturated rings. The maximum absolute atomic E-state index is 12.6. The summed E-state index contributed by atoms with van der Waals surface area (Å²) in [7, 11) is 0. The van der Waals surface area contributed by atoms with Crippen molar-refractivity contribution in [3.63, 3.8) is 0 Å². The van der Waals surface area contributed by atoms with Crippen LogP contribution >= 0.6 is 23.1 Å². The van der Waals surface area contributed by atoms with Gasteiger partial charge in [0.05, 0.1) is 6.04 Å². The average molecular weight is 310 g/mol. The first-order valence-electron chi connectivity index (χ1n) is 7.46. The van der Waals surface area contributed by atoms with Crippen LogP contribution in [0.25, 0.3) is 0 Å². The van der Waals surface area contributed by atoms with Crippen molar-refractivity contribution < 1.29 is 4.79 Å². The van der Waals surface area contributed by atoms with Crippen LogP contribution in [0, 0.1) is 0 Å². The monoisotopic (exact) mass is 310 g/mol. The smallest absolute Gasteiger partial charge is 0.224 e. The number of carbonyl (C=O) groups is 1. The van der Waals surface area contributed by atoms with E-state index in [0.717, 1.165) is 31.7 Å². The Morgan fingerprint density at radius 1 is 1.55 bits per heavy atom. The summed E-state index contributed by atoms with van der Waals surface area (Å²) in [6, 6.07) is 2.87. The average Bonchev–Trinajstić information content (AvgIpc) is 2.95. The Morgan fingerprint density at radius 3 is 3.20 bits per heavy atom. The first-order valence-corrected chi connectivity index (χ1v) is 9.50. The molecule has 1 aromatic heterocycles. The minimum absolute atomic E-state index is 0.300. The van der Waals surface area contributed by atoms with Gasteiger partial charge in [0.15, 0.2) is 0 Å². The molecule has 0 bridgehead atoms. The third-order valence-electron chi connectivity index (χ3n) is 4.22. The lowest BCUT2D eigenvalue weighted by atomic mass is 9.97. The van der Waals surface area contributed by atoms with Gasteiger partial charge in [0.2, 0.25) is 5.91 Å². The highest BCUT2D eigenvalue weighted by atomic mass is 32.2. The van der Waals surface area contributed by atoms with Crippen molar-refractivity contribution >= 4 is 29.0 Å². The van der Waals surface area contributed by atoms with E-state index < -0.39 is 0 Å². The number of fused-ring (bicyclic) bond motifs is 1. The Morgan fingerprint density at radius 2 is 2.45 bits per heavy atom. The van der Waals surface area contributed by atoms with E-state index in [1.165, 1.54) is 16.2 Å². The van der Waals surface area contributed by atoms with Crippen LogP contribution in [0.1, 0.15) is 36.2 Å². The second-order valence-electron chi connectivity index (χ2n) is 5.49. The van der Waals surface area contributed by atoms with Gasteiger partial charge in [0.1, 0.15) is 0 Å². The summed E-state index contributed by atoms with van der Waals surface area (Å²) in [6.07, 6.45) is 2.70. The van der Waals surface area contributed by atoms with Crippen LogP contribution in [0.4, 0.5) is 0 Å². The molecule has 0 saturated carbocycles. The Balaban J connectivity index is 1.68. The molecule has 2 aliphatic rings. The molecule has 3 nitrogen and oxygen atoms in total. The molecule has 3 heterocycles. The molecular weight excluding hydrogens is 288 g/mol. The molecule has 0 aromatic carbocycles. The highest BCUT2D eigenvalue weighted by Gasteiger charge is 2.31. The largest absolute Gasteiger partial charge is 0.335 e. The number of hydrogen-bond acceptors (Lipinski definition) is 4. The molecule has 1 amide bonds. The van der Waals surface area contributed by atoms with Gasteiger partial charge in [-0.05, 0) is 29.9 Å². The van der Waals surface area contributed by atoms with Gasteiger partial charge in [-0.15, -0.1) is 11.3 Å². The summed E-state index contributed by atoms with van der Waals surface area (Å²) in [5.41, 5.74) is 1.39. The minimum atomic E-state index is 0.300. The maximum atomic E-state index is 12.6. The van der Waals surface area contributed by atoms with Crippen LogP contribution in [0.5, 0.6) is 0 Å². The lowest BCUT2D eigenvalue weighted by molar-refractivity contribution is -0.134. The van der Waals surface area contributed by atoms with Crippen LogP contribution in [0.15, 0.2) is 11.4 Å². The van der Waals surface area contributed by atoms with Gasteiger partial charge in [-0.25, -0.2) is 0 Å². The summed E-state index contributed by atoms with van der Waals surface area (Å²) in [6.45, 7) is 4.12. The third-order valence-corrected chi connectivity index (χ3v) is 6.35. The van der Waals surface area contributed by atoms with Gasteiger partial charge in [-0.1, -0.05) is 6.92 Å². The molecule has 1 saturated heterocycles. The van der Waals surface area contributed by atoms with E-state index in [4.69, 9.17) is 0 Å². The Labute approximate surface area is 129 Å². The summed E-state index contributed by atoms with van der Waals surface area (Å²) < 4.78 is 0. The molecule has 2 aliphatic heterocycles. The Bertz CT molecular complexity index is 468. The number of nitrogens with one attached hydrogen (secondary N) is 1. The fraction of sp³-hybridized carbons (Fsp3) is 0.667. The number of rotatable bonds is 3. The summed E-state index contributed by atoms with van der Waals surface area (Å²) in [4.78, 5) is 16.2. The van der Waals surface area contributed by atoms with E-state index in [0.29, 0.717) is 24.4 Å². The zero-order valence-electron chi connectivity index (χ0n) is 11.9. The summed E-state index contributed by atoms with van der Waals surface area (Å²) in [5, 5.41) is 5.64. The minimum Gasteiger partial charge on any atom is -0.335 e. The van der Waals surface area contributed by atoms with Crippen molar-refractivity contribution in [3.8, 4) is 0 Å². The Hall–Kier alpha value is -0.520. The van der Waals surface area contributed by atoms with Gasteiger partial charge in [0, 0.05) is 41.9 Å². The first kappa shape index (κ1) is 14.4. The number of thioether (sulfide) groups is 1. The van der Waals surface area contributed by atoms with Crippen molar-refractivity contribution in [2.24, 2.45) is 0 Å². The van der Waals surface area contributed by atoms with Gasteiger partial charge >= 0.3 is 0 Å². The summed E-state index contributed by atoms with van der Waals surface area (Å²) in [5.74, 6) is 2.57. The fourth-order valence-corrected chi connectivity index (χ4v) is 5.09. The molecule has 110 valence electrons. The van der Waals surface area contributed by atoms with Gasteiger partial charge in [-0.3, -0.25) is 4.79 Å². The Kier molecular flexibility index (Phi) is 4.68. The van der Waals surface area contributed by atoms with Gasteiger partial charge < -0.3 is 10.2 Å². The van der Waals surface area contributed by atoms with E-state index in [9.17, 15) is 4.79 Å². The van der Waals surface area contributed by atoms with Gasteiger partial charge in [-0.2, -0.15) is 11.8 Å². The zero-order chi connectivity index (χ0) is 13.9. The molecule has 20 heavy (non-hydrogen) atoms. The lowest BCUT2D eigenvalue weighted by Gasteiger charge is -2.36. The van der Waals surface area contributed by atoms with Crippen molar-refractivity contribution in [1.29, 1.82) is 0 Å². The summed E-state index contributed by atoms with van der Waals surface area (Å²) >= 11 is 3.80. The SMILES string of the molecule is CCC1c2ccsc2CCN1C(=O)CC1CSCCN1. The third kappa shape index (κ3) is 2.90. The number of hydrogen-bond donors (Lipinski definition) is 1. The highest BCUT2D eigenvalue weighted by molar-refractivity contribution is 7.99. The predicted molar refractivity (Wildman–Crippen MR) is 86.5 cm³/mol. The number of amides is 1. The first-order chi connectivity index (χ1) is 9.79. The predicted octanol–water partition coefficient (Wildman–Crippen LogP) is 2.68. The normalized spacial score (nSPS) is 26.4. The van der Waals surface area contributed by atoms with Crippen LogP contribution in [-0.4, -0.2) is 41.4 Å². The molecule has 1 aromatic rings. The van der Waals surface area contributed by atoms with Crippen molar-refractivity contribution in [2.45, 2.75) is 38.3 Å². The standard InChI is InChI=1S/C15H22N2OS2/c1-2-13-12-4-7-20-14(12)3-6-17(13)15(18)9-11-10-19-8-5-16-11/h4,7,11,13,16H,2-3,5-6,8-10H2,1H3. The fourth-order valence-electron chi connectivity index (χ4n) is 3.21. The molecule has 0 spiro atoms. The molecular formula is C15H22N2OS2. The van der Waals surface area contributed by atoms with Crippen LogP contribution in [0.3, 0.4) is 0 Å². The molecule has 1 N–H and O–H groups in total. The van der Waals surface area contributed by atoms with Crippen molar-refractivity contribution in [3.05, 3.63) is 21.9 Å². The zero-order valence-corrected chi connectivity index (χ0v) is 13.6. The lowest BCUT2D eigenvalue weighted by Crippen LogP contribution is -2.45. The second kappa shape index (κ2) is 6.50. The molecule has 2 atom stereocenters. The molecule has 0 radical (unpaired) electrons.